The van der Waals surface area contributed by atoms with Crippen molar-refractivity contribution in [3.63, 3.8) is 0 Å². The van der Waals surface area contributed by atoms with Crippen LogP contribution in [0.15, 0.2) is 42.5 Å². The van der Waals surface area contributed by atoms with Crippen LogP contribution in [0.1, 0.15) is 15.9 Å². The summed E-state index contributed by atoms with van der Waals surface area (Å²) in [5.41, 5.74) is 1.44. The number of nitrogens with zero attached hydrogens (tertiary/aromatic N) is 1. The molecule has 0 saturated carbocycles. The standard InChI is InChI=1S/C17H15FN2O3/c1-20-14-8-11(6-7-15(14)23-10-16(20)21)9-19-17(22)12-4-2-3-5-13(12)18/h2-8H,9-10H2,1H3,(H,19,22). The van der Waals surface area contributed by atoms with E-state index in [4.69, 9.17) is 4.74 Å². The highest BCUT2D eigenvalue weighted by atomic mass is 19.1. The molecule has 0 bridgehead atoms. The molecule has 118 valence electrons. The Hall–Kier alpha value is -2.89. The van der Waals surface area contributed by atoms with E-state index in [0.717, 1.165) is 5.56 Å². The fourth-order valence-electron chi connectivity index (χ4n) is 2.35. The first-order chi connectivity index (χ1) is 11.1. The van der Waals surface area contributed by atoms with Gasteiger partial charge in [0.15, 0.2) is 6.61 Å². The smallest absolute Gasteiger partial charge is 0.264 e. The molecule has 0 unspecified atom stereocenters. The average Bonchev–Trinajstić information content (AvgIpc) is 2.56. The third-order valence-electron chi connectivity index (χ3n) is 3.68. The minimum absolute atomic E-state index is 0.00101. The number of carbonyl (C=O) groups is 2. The Morgan fingerprint density at radius 3 is 2.87 bits per heavy atom. The predicted octanol–water partition coefficient (Wildman–Crippen LogP) is 2.11. The first-order valence-corrected chi connectivity index (χ1v) is 7.11. The Balaban J connectivity index is 1.73. The number of likely N-dealkylation sites (N-methyl/N-ethyl adjacent to an activating group) is 1. The lowest BCUT2D eigenvalue weighted by Gasteiger charge is -2.26. The molecular weight excluding hydrogens is 299 g/mol. The number of carbonyl (C=O) groups excluding carboxylic acids is 2. The minimum atomic E-state index is -0.561. The maximum absolute atomic E-state index is 13.6. The molecule has 6 heteroatoms. The second kappa shape index (κ2) is 6.08. The number of benzene rings is 2. The summed E-state index contributed by atoms with van der Waals surface area (Å²) in [7, 11) is 1.67. The highest BCUT2D eigenvalue weighted by molar-refractivity contribution is 5.97. The molecular formula is C17H15FN2O3. The number of hydrogen-bond acceptors (Lipinski definition) is 3. The van der Waals surface area contributed by atoms with Gasteiger partial charge in [0.1, 0.15) is 11.6 Å². The Labute approximate surface area is 132 Å². The summed E-state index contributed by atoms with van der Waals surface area (Å²) in [6.45, 7) is 0.245. The van der Waals surface area contributed by atoms with Crippen LogP contribution in [0, 0.1) is 5.82 Å². The molecule has 0 fully saturated rings. The van der Waals surface area contributed by atoms with E-state index in [1.165, 1.54) is 23.1 Å². The maximum atomic E-state index is 13.6. The third-order valence-corrected chi connectivity index (χ3v) is 3.68. The first-order valence-electron chi connectivity index (χ1n) is 7.11. The zero-order chi connectivity index (χ0) is 16.4. The summed E-state index contributed by atoms with van der Waals surface area (Å²) >= 11 is 0. The number of anilines is 1. The lowest BCUT2D eigenvalue weighted by molar-refractivity contribution is -0.120. The van der Waals surface area contributed by atoms with Gasteiger partial charge in [-0.2, -0.15) is 0 Å². The molecule has 1 aliphatic heterocycles. The van der Waals surface area contributed by atoms with Crippen LogP contribution in [0.2, 0.25) is 0 Å². The van der Waals surface area contributed by atoms with Crippen molar-refractivity contribution in [3.8, 4) is 5.75 Å². The van der Waals surface area contributed by atoms with Crippen molar-refractivity contribution in [3.05, 3.63) is 59.4 Å². The van der Waals surface area contributed by atoms with Gasteiger partial charge in [-0.1, -0.05) is 18.2 Å². The Morgan fingerprint density at radius 2 is 2.09 bits per heavy atom. The maximum Gasteiger partial charge on any atom is 0.264 e. The van der Waals surface area contributed by atoms with E-state index in [9.17, 15) is 14.0 Å². The van der Waals surface area contributed by atoms with Crippen molar-refractivity contribution in [1.29, 1.82) is 0 Å². The molecule has 2 aromatic rings. The first kappa shape index (κ1) is 15.0. The number of fused-ring (bicyclic) bond motifs is 1. The summed E-state index contributed by atoms with van der Waals surface area (Å²) in [6, 6.07) is 11.1. The van der Waals surface area contributed by atoms with E-state index in [2.05, 4.69) is 5.32 Å². The van der Waals surface area contributed by atoms with E-state index in [1.54, 1.807) is 31.3 Å². The summed E-state index contributed by atoms with van der Waals surface area (Å²) in [5, 5.41) is 2.67. The Bertz CT molecular complexity index is 776. The second-order valence-corrected chi connectivity index (χ2v) is 5.21. The van der Waals surface area contributed by atoms with E-state index < -0.39 is 11.7 Å². The van der Waals surface area contributed by atoms with E-state index in [-0.39, 0.29) is 24.6 Å². The zero-order valence-electron chi connectivity index (χ0n) is 12.5. The van der Waals surface area contributed by atoms with E-state index in [0.29, 0.717) is 11.4 Å². The number of ether oxygens (including phenoxy) is 1. The highest BCUT2D eigenvalue weighted by Crippen LogP contribution is 2.31. The molecule has 0 atom stereocenters. The molecule has 0 radical (unpaired) electrons. The van der Waals surface area contributed by atoms with Crippen LogP contribution in [0.25, 0.3) is 0 Å². The predicted molar refractivity (Wildman–Crippen MR) is 82.9 cm³/mol. The third kappa shape index (κ3) is 3.01. The van der Waals surface area contributed by atoms with Gasteiger partial charge in [-0.25, -0.2) is 4.39 Å². The van der Waals surface area contributed by atoms with Crippen LogP contribution in [0.4, 0.5) is 10.1 Å². The van der Waals surface area contributed by atoms with Gasteiger partial charge in [0.05, 0.1) is 11.3 Å². The van der Waals surface area contributed by atoms with Crippen LogP contribution >= 0.6 is 0 Å². The topological polar surface area (TPSA) is 58.6 Å². The molecule has 1 N–H and O–H groups in total. The normalized spacial score (nSPS) is 13.3. The largest absolute Gasteiger partial charge is 0.482 e. The van der Waals surface area contributed by atoms with Gasteiger partial charge < -0.3 is 15.0 Å². The van der Waals surface area contributed by atoms with Gasteiger partial charge >= 0.3 is 0 Å². The number of nitrogens with one attached hydrogen (secondary N) is 1. The van der Waals surface area contributed by atoms with Crippen molar-refractivity contribution in [2.45, 2.75) is 6.54 Å². The summed E-state index contributed by atoms with van der Waals surface area (Å²) in [4.78, 5) is 25.2. The quantitative estimate of drug-likeness (QED) is 0.944. The van der Waals surface area contributed by atoms with Crippen LogP contribution in [0.5, 0.6) is 5.75 Å². The molecule has 0 aromatic heterocycles. The molecule has 2 amide bonds. The fourth-order valence-corrected chi connectivity index (χ4v) is 2.35. The number of halogens is 1. The molecule has 23 heavy (non-hydrogen) atoms. The van der Waals surface area contributed by atoms with Crippen LogP contribution in [-0.2, 0) is 11.3 Å². The molecule has 5 nitrogen and oxygen atoms in total. The van der Waals surface area contributed by atoms with Crippen molar-refractivity contribution in [2.24, 2.45) is 0 Å². The molecule has 0 saturated heterocycles. The van der Waals surface area contributed by atoms with Crippen LogP contribution < -0.4 is 15.0 Å². The molecule has 2 aromatic carbocycles. The second-order valence-electron chi connectivity index (χ2n) is 5.21. The number of amides is 2. The van der Waals surface area contributed by atoms with Gasteiger partial charge in [-0.05, 0) is 29.8 Å². The minimum Gasteiger partial charge on any atom is -0.482 e. The van der Waals surface area contributed by atoms with Gasteiger partial charge in [-0.3, -0.25) is 9.59 Å². The Kier molecular flexibility index (Phi) is 3.97. The summed E-state index contributed by atoms with van der Waals surface area (Å²) in [6.07, 6.45) is 0. The molecule has 1 heterocycles. The van der Waals surface area contributed by atoms with E-state index >= 15 is 0 Å². The van der Waals surface area contributed by atoms with E-state index in [1.807, 2.05) is 0 Å². The van der Waals surface area contributed by atoms with Crippen molar-refractivity contribution in [1.82, 2.24) is 5.32 Å². The average molecular weight is 314 g/mol. The van der Waals surface area contributed by atoms with Crippen molar-refractivity contribution >= 4 is 17.5 Å². The van der Waals surface area contributed by atoms with Crippen LogP contribution in [-0.4, -0.2) is 25.5 Å². The number of hydrogen-bond donors (Lipinski definition) is 1. The monoisotopic (exact) mass is 314 g/mol. The summed E-state index contributed by atoms with van der Waals surface area (Å²) in [5.74, 6) is -0.558. The van der Waals surface area contributed by atoms with Crippen molar-refractivity contribution < 1.29 is 18.7 Å². The fraction of sp³-hybridized carbons (Fsp3) is 0.176. The number of rotatable bonds is 3. The molecule has 3 rings (SSSR count). The zero-order valence-corrected chi connectivity index (χ0v) is 12.5. The molecule has 1 aliphatic rings. The lowest BCUT2D eigenvalue weighted by Crippen LogP contribution is -2.35. The molecule has 0 aliphatic carbocycles. The SMILES string of the molecule is CN1C(=O)COc2ccc(CNC(=O)c3ccccc3F)cc21. The molecule has 0 spiro atoms. The van der Waals surface area contributed by atoms with Gasteiger partial charge in [0, 0.05) is 13.6 Å². The highest BCUT2D eigenvalue weighted by Gasteiger charge is 2.22. The summed E-state index contributed by atoms with van der Waals surface area (Å²) < 4.78 is 18.9. The van der Waals surface area contributed by atoms with Crippen LogP contribution in [0.3, 0.4) is 0 Å². The van der Waals surface area contributed by atoms with Gasteiger partial charge in [-0.15, -0.1) is 0 Å². The Morgan fingerprint density at radius 1 is 1.30 bits per heavy atom. The van der Waals surface area contributed by atoms with Gasteiger partial charge in [0.25, 0.3) is 11.8 Å². The van der Waals surface area contributed by atoms with Gasteiger partial charge in [0.2, 0.25) is 0 Å². The lowest BCUT2D eigenvalue weighted by atomic mass is 10.1. The van der Waals surface area contributed by atoms with Crippen molar-refractivity contribution in [2.75, 3.05) is 18.6 Å².